The van der Waals surface area contributed by atoms with Crippen LogP contribution in [-0.4, -0.2) is 28.8 Å². The fraction of sp³-hybridized carbons (Fsp3) is 0.333. The molecule has 6 heteroatoms. The topological polar surface area (TPSA) is 64.5 Å². The fourth-order valence-electron chi connectivity index (χ4n) is 1.51. The van der Waals surface area contributed by atoms with Gasteiger partial charge in [-0.15, -0.1) is 11.3 Å². The minimum absolute atomic E-state index is 0.0395. The molecule has 0 aliphatic heterocycles. The highest BCUT2D eigenvalue weighted by atomic mass is 32.1. The van der Waals surface area contributed by atoms with Crippen molar-refractivity contribution in [2.24, 2.45) is 0 Å². The van der Waals surface area contributed by atoms with Gasteiger partial charge in [0.05, 0.1) is 35.8 Å². The number of aliphatic hydroxyl groups is 1. The molecule has 18 heavy (non-hydrogen) atoms. The standard InChI is InChI=1S/C12H14N2O3S/c1-3-17-9-5-10(18-11(9)6-15)8-4-12(16-2)14-7-13-8/h4-5,7,15H,3,6H2,1-2H3. The van der Waals surface area contributed by atoms with Gasteiger partial charge in [0.2, 0.25) is 5.88 Å². The molecule has 2 aromatic rings. The van der Waals surface area contributed by atoms with Crippen molar-refractivity contribution >= 4 is 11.3 Å². The first-order valence-electron chi connectivity index (χ1n) is 5.51. The van der Waals surface area contributed by atoms with E-state index in [0.717, 1.165) is 15.4 Å². The lowest BCUT2D eigenvalue weighted by atomic mass is 10.3. The third-order valence-electron chi connectivity index (χ3n) is 2.32. The Morgan fingerprint density at radius 2 is 2.17 bits per heavy atom. The van der Waals surface area contributed by atoms with Crippen molar-refractivity contribution in [3.8, 4) is 22.2 Å². The minimum atomic E-state index is -0.0395. The zero-order valence-electron chi connectivity index (χ0n) is 10.2. The number of aromatic nitrogens is 2. The van der Waals surface area contributed by atoms with E-state index in [2.05, 4.69) is 9.97 Å². The van der Waals surface area contributed by atoms with Crippen molar-refractivity contribution < 1.29 is 14.6 Å². The summed E-state index contributed by atoms with van der Waals surface area (Å²) in [5.74, 6) is 1.22. The molecule has 96 valence electrons. The summed E-state index contributed by atoms with van der Waals surface area (Å²) in [4.78, 5) is 9.86. The van der Waals surface area contributed by atoms with Crippen LogP contribution in [0.3, 0.4) is 0 Å². The maximum atomic E-state index is 9.28. The van der Waals surface area contributed by atoms with Gasteiger partial charge in [-0.3, -0.25) is 0 Å². The molecule has 0 aliphatic rings. The maximum absolute atomic E-state index is 9.28. The van der Waals surface area contributed by atoms with Crippen LogP contribution in [0.5, 0.6) is 11.6 Å². The molecular weight excluding hydrogens is 252 g/mol. The molecule has 0 aromatic carbocycles. The summed E-state index contributed by atoms with van der Waals surface area (Å²) in [6.07, 6.45) is 1.45. The first-order valence-corrected chi connectivity index (χ1v) is 6.33. The molecule has 0 amide bonds. The Kier molecular flexibility index (Phi) is 4.11. The highest BCUT2D eigenvalue weighted by Crippen LogP contribution is 2.36. The average molecular weight is 266 g/mol. The van der Waals surface area contributed by atoms with E-state index in [-0.39, 0.29) is 6.61 Å². The SMILES string of the molecule is CCOc1cc(-c2cc(OC)ncn2)sc1CO. The van der Waals surface area contributed by atoms with Crippen molar-refractivity contribution in [1.29, 1.82) is 0 Å². The lowest BCUT2D eigenvalue weighted by Gasteiger charge is -2.00. The van der Waals surface area contributed by atoms with Crippen molar-refractivity contribution in [1.82, 2.24) is 9.97 Å². The summed E-state index contributed by atoms with van der Waals surface area (Å²) in [7, 11) is 1.56. The molecule has 0 unspecified atom stereocenters. The van der Waals surface area contributed by atoms with Gasteiger partial charge in [-0.1, -0.05) is 0 Å². The third-order valence-corrected chi connectivity index (χ3v) is 3.44. The molecule has 2 heterocycles. The Morgan fingerprint density at radius 3 is 2.83 bits per heavy atom. The molecule has 0 atom stereocenters. The van der Waals surface area contributed by atoms with Gasteiger partial charge < -0.3 is 14.6 Å². The molecular formula is C12H14N2O3S. The second-order valence-corrected chi connectivity index (χ2v) is 4.57. The summed E-state index contributed by atoms with van der Waals surface area (Å²) < 4.78 is 10.5. The highest BCUT2D eigenvalue weighted by molar-refractivity contribution is 7.15. The van der Waals surface area contributed by atoms with Crippen LogP contribution in [0.4, 0.5) is 0 Å². The van der Waals surface area contributed by atoms with Gasteiger partial charge >= 0.3 is 0 Å². The van der Waals surface area contributed by atoms with Crippen molar-refractivity contribution in [3.63, 3.8) is 0 Å². The number of ether oxygens (including phenoxy) is 2. The molecule has 0 fully saturated rings. The van der Waals surface area contributed by atoms with Crippen LogP contribution < -0.4 is 9.47 Å². The molecule has 5 nitrogen and oxygen atoms in total. The first-order chi connectivity index (χ1) is 8.78. The van der Waals surface area contributed by atoms with E-state index in [0.29, 0.717) is 18.2 Å². The van der Waals surface area contributed by atoms with Crippen LogP contribution in [-0.2, 0) is 6.61 Å². The van der Waals surface area contributed by atoms with Gasteiger partial charge in [-0.2, -0.15) is 0 Å². The Balaban J connectivity index is 2.37. The average Bonchev–Trinajstić information content (AvgIpc) is 2.82. The second-order valence-electron chi connectivity index (χ2n) is 3.43. The van der Waals surface area contributed by atoms with E-state index in [1.165, 1.54) is 17.7 Å². The maximum Gasteiger partial charge on any atom is 0.216 e. The van der Waals surface area contributed by atoms with Crippen molar-refractivity contribution in [2.75, 3.05) is 13.7 Å². The number of methoxy groups -OCH3 is 1. The number of nitrogens with zero attached hydrogens (tertiary/aromatic N) is 2. The first kappa shape index (κ1) is 12.8. The van der Waals surface area contributed by atoms with Gasteiger partial charge in [0.1, 0.15) is 12.1 Å². The summed E-state index contributed by atoms with van der Waals surface area (Å²) >= 11 is 1.45. The van der Waals surface area contributed by atoms with Crippen molar-refractivity contribution in [2.45, 2.75) is 13.5 Å². The van der Waals surface area contributed by atoms with E-state index < -0.39 is 0 Å². The van der Waals surface area contributed by atoms with E-state index in [9.17, 15) is 5.11 Å². The van der Waals surface area contributed by atoms with E-state index in [4.69, 9.17) is 9.47 Å². The van der Waals surface area contributed by atoms with Crippen LogP contribution in [0.15, 0.2) is 18.5 Å². The van der Waals surface area contributed by atoms with Crippen LogP contribution in [0, 0.1) is 0 Å². The molecule has 0 radical (unpaired) electrons. The zero-order valence-corrected chi connectivity index (χ0v) is 11.0. The Labute approximate surface area is 109 Å². The molecule has 0 saturated heterocycles. The normalized spacial score (nSPS) is 10.4. The predicted molar refractivity (Wildman–Crippen MR) is 69.0 cm³/mol. The van der Waals surface area contributed by atoms with E-state index in [1.807, 2.05) is 13.0 Å². The predicted octanol–water partition coefficient (Wildman–Crippen LogP) is 2.10. The Hall–Kier alpha value is -1.66. The smallest absolute Gasteiger partial charge is 0.216 e. The molecule has 2 aromatic heterocycles. The minimum Gasteiger partial charge on any atom is -0.493 e. The van der Waals surface area contributed by atoms with Gasteiger partial charge in [0.15, 0.2) is 0 Å². The quantitative estimate of drug-likeness (QED) is 0.898. The van der Waals surface area contributed by atoms with Crippen LogP contribution in [0.2, 0.25) is 0 Å². The Bertz CT molecular complexity index is 528. The van der Waals surface area contributed by atoms with Gasteiger partial charge in [-0.25, -0.2) is 9.97 Å². The highest BCUT2D eigenvalue weighted by Gasteiger charge is 2.12. The largest absolute Gasteiger partial charge is 0.493 e. The monoisotopic (exact) mass is 266 g/mol. The van der Waals surface area contributed by atoms with Crippen LogP contribution >= 0.6 is 11.3 Å². The summed E-state index contributed by atoms with van der Waals surface area (Å²) in [6, 6.07) is 3.63. The lowest BCUT2D eigenvalue weighted by molar-refractivity contribution is 0.272. The molecule has 0 bridgehead atoms. The molecule has 0 saturated carbocycles. The zero-order chi connectivity index (χ0) is 13.0. The van der Waals surface area contributed by atoms with E-state index in [1.54, 1.807) is 13.2 Å². The van der Waals surface area contributed by atoms with Crippen molar-refractivity contribution in [3.05, 3.63) is 23.3 Å². The number of hydrogen-bond donors (Lipinski definition) is 1. The number of hydrogen-bond acceptors (Lipinski definition) is 6. The number of thiophene rings is 1. The van der Waals surface area contributed by atoms with Gasteiger partial charge in [-0.05, 0) is 6.92 Å². The van der Waals surface area contributed by atoms with Crippen LogP contribution in [0.25, 0.3) is 10.6 Å². The second kappa shape index (κ2) is 5.79. The summed E-state index contributed by atoms with van der Waals surface area (Å²) in [5, 5.41) is 9.28. The third kappa shape index (κ3) is 2.60. The number of aliphatic hydroxyl groups excluding tert-OH is 1. The number of rotatable bonds is 5. The molecule has 0 aliphatic carbocycles. The summed E-state index contributed by atoms with van der Waals surface area (Å²) in [5.41, 5.74) is 0.757. The summed E-state index contributed by atoms with van der Waals surface area (Å²) in [6.45, 7) is 2.44. The van der Waals surface area contributed by atoms with E-state index >= 15 is 0 Å². The lowest BCUT2D eigenvalue weighted by Crippen LogP contribution is -1.92. The van der Waals surface area contributed by atoms with Gasteiger partial charge in [0, 0.05) is 12.1 Å². The molecule has 0 spiro atoms. The molecule has 2 rings (SSSR count). The molecule has 1 N–H and O–H groups in total. The van der Waals surface area contributed by atoms with Crippen LogP contribution in [0.1, 0.15) is 11.8 Å². The Morgan fingerprint density at radius 1 is 1.33 bits per heavy atom. The fourth-order valence-corrected chi connectivity index (χ4v) is 2.44. The van der Waals surface area contributed by atoms with Gasteiger partial charge in [0.25, 0.3) is 0 Å².